The van der Waals surface area contributed by atoms with Gasteiger partial charge in [0.05, 0.1) is 26.4 Å². The van der Waals surface area contributed by atoms with Gasteiger partial charge >= 0.3 is 33.6 Å². The first-order valence-electron chi connectivity index (χ1n) is 29.5. The topological polar surface area (TPSA) is 231 Å². The Kier molecular flexibility index (Phi) is 52.6. The first kappa shape index (κ1) is 75.5. The van der Waals surface area contributed by atoms with Crippen LogP contribution >= 0.6 is 15.6 Å². The van der Waals surface area contributed by atoms with E-state index in [9.17, 15) is 43.5 Å². The highest BCUT2D eigenvalue weighted by Gasteiger charge is 2.29. The van der Waals surface area contributed by atoms with Crippen molar-refractivity contribution in [3.05, 3.63) is 97.2 Å². The molecule has 0 saturated heterocycles. The van der Waals surface area contributed by atoms with Crippen molar-refractivity contribution in [3.63, 3.8) is 0 Å². The second-order valence-electron chi connectivity index (χ2n) is 19.4. The lowest BCUT2D eigenvalue weighted by molar-refractivity contribution is -0.161. The largest absolute Gasteiger partial charge is 0.472 e. The first-order valence-corrected chi connectivity index (χ1v) is 32.5. The van der Waals surface area contributed by atoms with E-state index < -0.39 is 91.5 Å². The van der Waals surface area contributed by atoms with E-state index in [4.69, 9.17) is 32.3 Å². The van der Waals surface area contributed by atoms with Gasteiger partial charge < -0.3 is 34.2 Å². The van der Waals surface area contributed by atoms with E-state index in [-0.39, 0.29) is 19.3 Å². The van der Waals surface area contributed by atoms with Gasteiger partial charge in [0.25, 0.3) is 0 Å². The quantitative estimate of drug-likeness (QED) is 0.0146. The third kappa shape index (κ3) is 56.1. The van der Waals surface area contributed by atoms with E-state index in [1.165, 1.54) is 12.8 Å². The number of hydrogen-bond donors (Lipinski definition) is 4. The summed E-state index contributed by atoms with van der Waals surface area (Å²) in [5.41, 5.74) is 0. The second kappa shape index (κ2) is 55.0. The molecule has 0 aromatic heterocycles. The van der Waals surface area contributed by atoms with Crippen LogP contribution in [0.2, 0.25) is 0 Å². The molecule has 16 nitrogen and oxygen atoms in total. The minimum absolute atomic E-state index is 0.0891. The van der Waals surface area contributed by atoms with Gasteiger partial charge in [0.1, 0.15) is 25.4 Å². The number of aliphatic hydroxyl groups excluding tert-OH is 2. The smallest absolute Gasteiger partial charge is 0.463 e. The first-order chi connectivity index (χ1) is 38.2. The maximum absolute atomic E-state index is 12.8. The van der Waals surface area contributed by atoms with Gasteiger partial charge in [-0.15, -0.1) is 0 Å². The number of carbonyl (C=O) groups excluding carboxylic acids is 3. The van der Waals surface area contributed by atoms with E-state index in [1.807, 2.05) is 0 Å². The highest BCUT2D eigenvalue weighted by molar-refractivity contribution is 7.47. The number of carbonyl (C=O) groups is 3. The molecule has 0 saturated carbocycles. The van der Waals surface area contributed by atoms with E-state index in [0.717, 1.165) is 141 Å². The molecule has 0 aliphatic carbocycles. The standard InChI is InChI=1S/C61H104O16P2/c1-4-7-10-13-16-19-22-24-25-26-27-28-29-31-34-35-38-41-44-47-59(64)71-50-56(62)51-73-78(67,68)74-52-57(63)53-75-79(69,70)76-55-58(77-61(66)49-46-43-40-37-32-21-18-15-12-9-6-3)54-72-60(65)48-45-42-39-36-33-30-23-20-17-14-11-8-5-2/h7,10-11,14-16,18-20,23-25,27-28,31,34,56-58,62-63H,4-6,8-9,12-13,17,21-22,26,29-30,32-33,35-55H2,1-3H3,(H,67,68)(H,69,70)/b10-7-,14-11-,18-15-,19-16-,23-20-,25-24-,28-27-,34-31-. The molecule has 0 radical (unpaired) electrons. The fourth-order valence-electron chi connectivity index (χ4n) is 7.20. The molecule has 4 N–H and O–H groups in total. The van der Waals surface area contributed by atoms with Gasteiger partial charge in [0.15, 0.2) is 6.10 Å². The van der Waals surface area contributed by atoms with Gasteiger partial charge in [0.2, 0.25) is 0 Å². The van der Waals surface area contributed by atoms with Crippen LogP contribution in [0.4, 0.5) is 0 Å². The number of esters is 3. The number of unbranched alkanes of at least 4 members (excludes halogenated alkanes) is 16. The van der Waals surface area contributed by atoms with Gasteiger partial charge in [0, 0.05) is 19.3 Å². The summed E-state index contributed by atoms with van der Waals surface area (Å²) in [6.45, 7) is 2.33. The molecule has 0 aromatic carbocycles. The van der Waals surface area contributed by atoms with Crippen LogP contribution in [0.25, 0.3) is 0 Å². The second-order valence-corrected chi connectivity index (χ2v) is 22.3. The average molecular weight is 1160 g/mol. The van der Waals surface area contributed by atoms with Crippen LogP contribution in [0.5, 0.6) is 0 Å². The maximum Gasteiger partial charge on any atom is 0.472 e. The summed E-state index contributed by atoms with van der Waals surface area (Å²) < 4.78 is 60.5. The van der Waals surface area contributed by atoms with Crippen LogP contribution in [0, 0.1) is 0 Å². The van der Waals surface area contributed by atoms with Gasteiger partial charge in [-0.1, -0.05) is 182 Å². The molecule has 0 aliphatic heterocycles. The minimum atomic E-state index is -4.92. The molecule has 5 unspecified atom stereocenters. The number of hydrogen-bond acceptors (Lipinski definition) is 14. The average Bonchev–Trinajstić information content (AvgIpc) is 3.42. The number of rotatable bonds is 55. The fraction of sp³-hybridized carbons (Fsp3) is 0.689. The zero-order valence-corrected chi connectivity index (χ0v) is 50.3. The van der Waals surface area contributed by atoms with Crippen molar-refractivity contribution in [2.75, 3.05) is 39.6 Å². The van der Waals surface area contributed by atoms with Gasteiger partial charge in [-0.05, 0) is 109 Å². The van der Waals surface area contributed by atoms with Gasteiger partial charge in [-0.25, -0.2) is 9.13 Å². The van der Waals surface area contributed by atoms with Crippen LogP contribution in [-0.4, -0.2) is 95.9 Å². The van der Waals surface area contributed by atoms with Crippen LogP contribution in [0.3, 0.4) is 0 Å². The lowest BCUT2D eigenvalue weighted by Gasteiger charge is -2.21. The molecular formula is C61H104O16P2. The maximum atomic E-state index is 12.8. The molecule has 0 aliphatic rings. The van der Waals surface area contributed by atoms with Crippen LogP contribution in [0.1, 0.15) is 213 Å². The lowest BCUT2D eigenvalue weighted by atomic mass is 10.1. The van der Waals surface area contributed by atoms with Crippen LogP contribution in [-0.2, 0) is 55.8 Å². The number of phosphoric ester groups is 2. The van der Waals surface area contributed by atoms with E-state index in [1.54, 1.807) is 0 Å². The Hall–Kier alpha value is -3.53. The molecule has 454 valence electrons. The van der Waals surface area contributed by atoms with Crippen molar-refractivity contribution in [1.82, 2.24) is 0 Å². The third-order valence-corrected chi connectivity index (χ3v) is 13.6. The minimum Gasteiger partial charge on any atom is -0.463 e. The van der Waals surface area contributed by atoms with Gasteiger partial charge in [-0.2, -0.15) is 0 Å². The molecule has 0 fully saturated rings. The molecule has 18 heteroatoms. The summed E-state index contributed by atoms with van der Waals surface area (Å²) in [6.07, 6.45) is 56.3. The van der Waals surface area contributed by atoms with Crippen LogP contribution < -0.4 is 0 Å². The van der Waals surface area contributed by atoms with E-state index >= 15 is 0 Å². The molecular weight excluding hydrogens is 1050 g/mol. The van der Waals surface area contributed by atoms with Crippen molar-refractivity contribution in [2.45, 2.75) is 232 Å². The van der Waals surface area contributed by atoms with Crippen molar-refractivity contribution in [3.8, 4) is 0 Å². The number of aliphatic hydroxyl groups is 2. The zero-order chi connectivity index (χ0) is 58.2. The normalized spacial score (nSPS) is 15.2. The molecule has 0 aromatic rings. The Bertz CT molecular complexity index is 1840. The van der Waals surface area contributed by atoms with E-state index in [0.29, 0.717) is 19.3 Å². The molecule has 0 heterocycles. The SMILES string of the molecule is CC/C=C\C/C=C\C/C=C\C/C=C\C/C=C\CCCCCC(=O)OCC(O)COP(=O)(O)OCC(O)COP(=O)(O)OCC(COC(=O)CCCCCCC/C=C\C/C=C\CCC)OC(=O)CCCCCCC/C=C\CCCC. The Morgan fingerprint density at radius 1 is 0.367 bits per heavy atom. The van der Waals surface area contributed by atoms with E-state index in [2.05, 4.69) is 118 Å². The zero-order valence-electron chi connectivity index (χ0n) is 48.5. The molecule has 0 spiro atoms. The molecule has 79 heavy (non-hydrogen) atoms. The Morgan fingerprint density at radius 2 is 0.696 bits per heavy atom. The molecule has 0 amide bonds. The highest BCUT2D eigenvalue weighted by Crippen LogP contribution is 2.45. The Balaban J connectivity index is 4.65. The number of ether oxygens (including phenoxy) is 3. The van der Waals surface area contributed by atoms with Gasteiger partial charge in [-0.3, -0.25) is 32.5 Å². The summed E-state index contributed by atoms with van der Waals surface area (Å²) in [5.74, 6) is -1.64. The van der Waals surface area contributed by atoms with Crippen molar-refractivity contribution in [1.29, 1.82) is 0 Å². The highest BCUT2D eigenvalue weighted by atomic mass is 31.2. The lowest BCUT2D eigenvalue weighted by Crippen LogP contribution is -2.30. The van der Waals surface area contributed by atoms with Crippen LogP contribution in [0.15, 0.2) is 97.2 Å². The summed E-state index contributed by atoms with van der Waals surface area (Å²) in [6, 6.07) is 0. The summed E-state index contributed by atoms with van der Waals surface area (Å²) in [7, 11) is -9.77. The number of phosphoric acid groups is 2. The Labute approximate surface area is 476 Å². The summed E-state index contributed by atoms with van der Waals surface area (Å²) >= 11 is 0. The summed E-state index contributed by atoms with van der Waals surface area (Å²) in [4.78, 5) is 58.0. The predicted molar refractivity (Wildman–Crippen MR) is 316 cm³/mol. The Morgan fingerprint density at radius 3 is 1.14 bits per heavy atom. The van der Waals surface area contributed by atoms with Crippen molar-refractivity contribution >= 4 is 33.6 Å². The third-order valence-electron chi connectivity index (χ3n) is 11.7. The summed E-state index contributed by atoms with van der Waals surface area (Å²) in [5, 5.41) is 20.4. The monoisotopic (exact) mass is 1150 g/mol. The molecule has 5 atom stereocenters. The molecule has 0 bridgehead atoms. The van der Waals surface area contributed by atoms with Crippen molar-refractivity contribution in [2.24, 2.45) is 0 Å². The number of allylic oxidation sites excluding steroid dienone is 16. The fourth-order valence-corrected chi connectivity index (χ4v) is 8.79. The predicted octanol–water partition coefficient (Wildman–Crippen LogP) is 15.2. The molecule has 0 rings (SSSR count). The van der Waals surface area contributed by atoms with Crippen molar-refractivity contribution < 1.29 is 75.8 Å².